The molecule has 2 bridgehead atoms. The van der Waals surface area contributed by atoms with Crippen LogP contribution < -0.4 is 0 Å². The van der Waals surface area contributed by atoms with E-state index in [1.54, 1.807) is 0 Å². The summed E-state index contributed by atoms with van der Waals surface area (Å²) >= 11 is 0. The molecule has 2 saturated heterocycles. The summed E-state index contributed by atoms with van der Waals surface area (Å²) in [5.74, 6) is 0.107. The van der Waals surface area contributed by atoms with E-state index in [0.717, 1.165) is 22.3 Å². The van der Waals surface area contributed by atoms with Crippen molar-refractivity contribution in [3.63, 3.8) is 0 Å². The molecule has 0 saturated carbocycles. The van der Waals surface area contributed by atoms with Gasteiger partial charge in [0.25, 0.3) is 0 Å². The first-order valence-electron chi connectivity index (χ1n) is 9.23. The minimum Gasteiger partial charge on any atom is -0.348 e. The zero-order valence-corrected chi connectivity index (χ0v) is 15.4. The highest BCUT2D eigenvalue weighted by atomic mass is 32.2. The van der Waals surface area contributed by atoms with Gasteiger partial charge in [-0.25, -0.2) is 8.42 Å². The first-order valence-corrected chi connectivity index (χ1v) is 10.9. The van der Waals surface area contributed by atoms with Crippen molar-refractivity contribution in [1.29, 1.82) is 0 Å². The van der Waals surface area contributed by atoms with Crippen molar-refractivity contribution < 1.29 is 13.2 Å². The highest BCUT2D eigenvalue weighted by molar-refractivity contribution is 7.93. The molecule has 0 amide bonds. The van der Waals surface area contributed by atoms with Crippen LogP contribution in [0.1, 0.15) is 22.3 Å². The lowest BCUT2D eigenvalue weighted by Crippen LogP contribution is -2.59. The molecule has 0 aliphatic carbocycles. The van der Waals surface area contributed by atoms with E-state index in [2.05, 4.69) is 18.2 Å². The second-order valence-electron chi connectivity index (χ2n) is 7.71. The molecule has 4 atom stereocenters. The topological polar surface area (TPSA) is 43.4 Å². The maximum Gasteiger partial charge on any atom is 0.157 e. The van der Waals surface area contributed by atoms with Crippen LogP contribution in [0.2, 0.25) is 0 Å². The Labute approximate surface area is 158 Å². The number of rotatable bonds is 2. The molecule has 134 valence electrons. The van der Waals surface area contributed by atoms with Gasteiger partial charge >= 0.3 is 0 Å². The van der Waals surface area contributed by atoms with Gasteiger partial charge in [0.1, 0.15) is 16.5 Å². The van der Waals surface area contributed by atoms with Gasteiger partial charge in [0.2, 0.25) is 0 Å². The fourth-order valence-electron chi connectivity index (χ4n) is 5.60. The third-order valence-electron chi connectivity index (χ3n) is 6.54. The predicted octanol–water partition coefficient (Wildman–Crippen LogP) is 3.63. The van der Waals surface area contributed by atoms with Crippen LogP contribution in [0, 0.1) is 5.92 Å². The van der Waals surface area contributed by atoms with Gasteiger partial charge in [-0.05, 0) is 22.3 Å². The molecule has 3 aromatic carbocycles. The van der Waals surface area contributed by atoms with Crippen LogP contribution in [0.4, 0.5) is 0 Å². The average Bonchev–Trinajstić information content (AvgIpc) is 3.15. The van der Waals surface area contributed by atoms with Gasteiger partial charge in [0.05, 0.1) is 5.75 Å². The molecule has 0 aromatic heterocycles. The van der Waals surface area contributed by atoms with Crippen LogP contribution in [0.15, 0.2) is 84.9 Å². The largest absolute Gasteiger partial charge is 0.348 e. The Morgan fingerprint density at radius 3 is 1.74 bits per heavy atom. The summed E-state index contributed by atoms with van der Waals surface area (Å²) in [4.78, 5) is 0. The quantitative estimate of drug-likeness (QED) is 0.688. The molecule has 6 rings (SSSR count). The molecule has 3 heterocycles. The van der Waals surface area contributed by atoms with E-state index in [1.165, 1.54) is 0 Å². The summed E-state index contributed by atoms with van der Waals surface area (Å²) in [5, 5.41) is -0.539. The fraction of sp³-hybridized carbons (Fsp3) is 0.217. The Bertz CT molecular complexity index is 1160. The molecule has 0 unspecified atom stereocenters. The Morgan fingerprint density at radius 2 is 1.19 bits per heavy atom. The second kappa shape index (κ2) is 4.89. The van der Waals surface area contributed by atoms with Crippen molar-refractivity contribution in [2.24, 2.45) is 5.92 Å². The van der Waals surface area contributed by atoms with Crippen molar-refractivity contribution in [2.75, 3.05) is 5.75 Å². The second-order valence-corrected chi connectivity index (χ2v) is 9.87. The maximum absolute atomic E-state index is 13.0. The van der Waals surface area contributed by atoms with E-state index >= 15 is 0 Å². The summed E-state index contributed by atoms with van der Waals surface area (Å²) in [5.41, 5.74) is 2.42. The number of hydrogen-bond acceptors (Lipinski definition) is 3. The molecule has 3 aromatic rings. The lowest BCUT2D eigenvalue weighted by molar-refractivity contribution is -0.0469. The molecule has 3 aliphatic rings. The molecular weight excluding hydrogens is 356 g/mol. The minimum absolute atomic E-state index is 0.0694. The first kappa shape index (κ1) is 15.6. The monoisotopic (exact) mass is 374 g/mol. The van der Waals surface area contributed by atoms with Gasteiger partial charge in [0, 0.05) is 5.92 Å². The standard InChI is InChI=1S/C23H18O3S/c24-27(25)15-20-21(27)23(17-11-5-2-6-12-17)19-14-8-7-13-18(19)22(20,26-23)16-9-3-1-4-10-16/h1-14,20-21H,15H2/t20-,21-,22+,23+/m0/s1. The van der Waals surface area contributed by atoms with E-state index in [1.807, 2.05) is 66.7 Å². The van der Waals surface area contributed by atoms with Crippen LogP contribution in [-0.2, 0) is 25.8 Å². The van der Waals surface area contributed by atoms with Crippen LogP contribution in [0.3, 0.4) is 0 Å². The lowest BCUT2D eigenvalue weighted by atomic mass is 9.66. The normalized spacial score (nSPS) is 34.5. The number of sulfone groups is 1. The van der Waals surface area contributed by atoms with Crippen molar-refractivity contribution in [1.82, 2.24) is 0 Å². The Morgan fingerprint density at radius 1 is 0.704 bits per heavy atom. The third kappa shape index (κ3) is 1.65. The Balaban J connectivity index is 1.73. The van der Waals surface area contributed by atoms with E-state index < -0.39 is 26.3 Å². The number of ether oxygens (including phenoxy) is 1. The fourth-order valence-corrected chi connectivity index (χ4v) is 7.98. The number of fused-ring (bicyclic) bond motifs is 8. The molecule has 3 nitrogen and oxygen atoms in total. The van der Waals surface area contributed by atoms with Crippen molar-refractivity contribution in [3.05, 3.63) is 107 Å². The lowest BCUT2D eigenvalue weighted by Gasteiger charge is -2.46. The van der Waals surface area contributed by atoms with Gasteiger partial charge < -0.3 is 4.74 Å². The molecular formula is C23H18O3S. The number of hydrogen-bond donors (Lipinski definition) is 0. The summed E-state index contributed by atoms with van der Waals surface area (Å²) in [7, 11) is -3.21. The van der Waals surface area contributed by atoms with Crippen LogP contribution >= 0.6 is 0 Å². The molecule has 0 radical (unpaired) electrons. The first-order chi connectivity index (χ1) is 13.1. The van der Waals surface area contributed by atoms with Gasteiger partial charge in [-0.15, -0.1) is 0 Å². The van der Waals surface area contributed by atoms with E-state index in [0.29, 0.717) is 0 Å². The minimum atomic E-state index is -3.21. The maximum atomic E-state index is 13.0. The van der Waals surface area contributed by atoms with Gasteiger partial charge in [-0.2, -0.15) is 0 Å². The van der Waals surface area contributed by atoms with Crippen LogP contribution in [0.25, 0.3) is 0 Å². The molecule has 2 fully saturated rings. The molecule has 0 N–H and O–H groups in total. The van der Waals surface area contributed by atoms with E-state index in [4.69, 9.17) is 4.74 Å². The molecule has 3 aliphatic heterocycles. The van der Waals surface area contributed by atoms with Gasteiger partial charge in [-0.3, -0.25) is 0 Å². The van der Waals surface area contributed by atoms with Gasteiger partial charge in [-0.1, -0.05) is 84.9 Å². The zero-order valence-electron chi connectivity index (χ0n) is 14.6. The third-order valence-corrected chi connectivity index (χ3v) is 8.80. The summed E-state index contributed by atoms with van der Waals surface area (Å²) in [6, 6.07) is 28.1. The summed E-state index contributed by atoms with van der Waals surface area (Å²) < 4.78 is 32.9. The van der Waals surface area contributed by atoms with E-state index in [9.17, 15) is 8.42 Å². The van der Waals surface area contributed by atoms with Crippen LogP contribution in [0.5, 0.6) is 0 Å². The smallest absolute Gasteiger partial charge is 0.157 e. The summed E-state index contributed by atoms with van der Waals surface area (Å²) in [6.07, 6.45) is 0. The SMILES string of the molecule is O=S1(=O)C[C@H]2[C@H]1[C@]1(c3ccccc3)O[C@]2(c2ccccc2)c2ccccc21. The van der Waals surface area contributed by atoms with Crippen molar-refractivity contribution in [2.45, 2.75) is 16.5 Å². The highest BCUT2D eigenvalue weighted by Gasteiger charge is 2.78. The highest BCUT2D eigenvalue weighted by Crippen LogP contribution is 2.70. The van der Waals surface area contributed by atoms with Crippen molar-refractivity contribution in [3.8, 4) is 0 Å². The summed E-state index contributed by atoms with van der Waals surface area (Å²) in [6.45, 7) is 0. The Kier molecular flexibility index (Phi) is 2.83. The van der Waals surface area contributed by atoms with E-state index in [-0.39, 0.29) is 11.7 Å². The average molecular weight is 374 g/mol. The van der Waals surface area contributed by atoms with Crippen LogP contribution in [-0.4, -0.2) is 19.4 Å². The molecule has 0 spiro atoms. The molecule has 4 heteroatoms. The van der Waals surface area contributed by atoms with Gasteiger partial charge in [0.15, 0.2) is 9.84 Å². The molecule has 27 heavy (non-hydrogen) atoms. The van der Waals surface area contributed by atoms with Crippen molar-refractivity contribution >= 4 is 9.84 Å². The predicted molar refractivity (Wildman–Crippen MR) is 103 cm³/mol. The zero-order chi connectivity index (χ0) is 18.3. The Hall–Kier alpha value is -2.43. The number of benzene rings is 3.